The van der Waals surface area contributed by atoms with Crippen LogP contribution in [0.3, 0.4) is 0 Å². The van der Waals surface area contributed by atoms with Crippen molar-refractivity contribution in [3.63, 3.8) is 0 Å². The molecule has 0 heterocycles. The first-order chi connectivity index (χ1) is 4.76. The normalized spacial score (nSPS) is 15.3. The molecule has 2 nitrogen and oxygen atoms in total. The zero-order valence-electron chi connectivity index (χ0n) is 7.38. The Labute approximate surface area is 83.9 Å². The van der Waals surface area contributed by atoms with Gasteiger partial charge in [-0.1, -0.05) is 20.3 Å². The Bertz CT molecular complexity index is 74.5. The first-order valence-corrected chi connectivity index (χ1v) is 4.05. The monoisotopic (exact) mass is 194 g/mol. The molecule has 0 aliphatic rings. The third-order valence-corrected chi connectivity index (χ3v) is 1.89. The summed E-state index contributed by atoms with van der Waals surface area (Å²) < 4.78 is 0. The second kappa shape index (κ2) is 8.73. The summed E-state index contributed by atoms with van der Waals surface area (Å²) in [5.41, 5.74) is 0. The molecular formula is C8H18O2Ti. The van der Waals surface area contributed by atoms with Crippen LogP contribution in [-0.2, 0) is 21.7 Å². The van der Waals surface area contributed by atoms with Crippen LogP contribution >= 0.6 is 0 Å². The number of aliphatic hydroxyl groups excluding tert-OH is 2. The van der Waals surface area contributed by atoms with E-state index in [0.717, 1.165) is 19.3 Å². The Morgan fingerprint density at radius 2 is 1.82 bits per heavy atom. The van der Waals surface area contributed by atoms with Crippen molar-refractivity contribution in [2.24, 2.45) is 5.92 Å². The fourth-order valence-electron chi connectivity index (χ4n) is 1.05. The first-order valence-electron chi connectivity index (χ1n) is 4.05. The molecule has 0 saturated carbocycles. The van der Waals surface area contributed by atoms with Crippen LogP contribution < -0.4 is 0 Å². The van der Waals surface area contributed by atoms with Crippen LogP contribution in [0.25, 0.3) is 0 Å². The summed E-state index contributed by atoms with van der Waals surface area (Å²) in [4.78, 5) is 0. The number of hydrogen-bond acceptors (Lipinski definition) is 2. The second-order valence-electron chi connectivity index (χ2n) is 2.71. The van der Waals surface area contributed by atoms with E-state index < -0.39 is 0 Å². The average molecular weight is 194 g/mol. The molecule has 0 aliphatic carbocycles. The van der Waals surface area contributed by atoms with Crippen LogP contribution in [0.15, 0.2) is 0 Å². The third-order valence-electron chi connectivity index (χ3n) is 1.89. The second-order valence-corrected chi connectivity index (χ2v) is 2.71. The van der Waals surface area contributed by atoms with Crippen LogP contribution in [0, 0.1) is 5.92 Å². The third kappa shape index (κ3) is 5.86. The van der Waals surface area contributed by atoms with E-state index in [4.69, 9.17) is 5.11 Å². The molecule has 0 aromatic rings. The van der Waals surface area contributed by atoms with Crippen molar-refractivity contribution in [2.75, 3.05) is 6.61 Å². The van der Waals surface area contributed by atoms with Crippen molar-refractivity contribution in [1.82, 2.24) is 0 Å². The predicted molar refractivity (Wildman–Crippen MR) is 41.8 cm³/mol. The molecule has 3 heteroatoms. The average Bonchev–Trinajstić information content (AvgIpc) is 1.91. The van der Waals surface area contributed by atoms with E-state index in [9.17, 15) is 5.11 Å². The van der Waals surface area contributed by atoms with E-state index in [1.165, 1.54) is 0 Å². The summed E-state index contributed by atoms with van der Waals surface area (Å²) >= 11 is 0. The zero-order valence-corrected chi connectivity index (χ0v) is 8.94. The molecule has 0 aliphatic heterocycles. The van der Waals surface area contributed by atoms with Crippen molar-refractivity contribution in [3.05, 3.63) is 0 Å². The Hall–Kier alpha value is 0.634. The minimum atomic E-state index is -0.306. The van der Waals surface area contributed by atoms with Gasteiger partial charge in [0.05, 0.1) is 6.10 Å². The fraction of sp³-hybridized carbons (Fsp3) is 1.00. The summed E-state index contributed by atoms with van der Waals surface area (Å²) in [5, 5.41) is 18.1. The van der Waals surface area contributed by atoms with E-state index in [-0.39, 0.29) is 40.3 Å². The summed E-state index contributed by atoms with van der Waals surface area (Å²) in [6, 6.07) is 0. The van der Waals surface area contributed by atoms with Gasteiger partial charge in [-0.2, -0.15) is 0 Å². The van der Waals surface area contributed by atoms with Gasteiger partial charge in [0, 0.05) is 34.2 Å². The van der Waals surface area contributed by atoms with Gasteiger partial charge in [0.1, 0.15) is 0 Å². The van der Waals surface area contributed by atoms with Gasteiger partial charge in [-0.25, -0.2) is 0 Å². The van der Waals surface area contributed by atoms with Crippen molar-refractivity contribution in [3.8, 4) is 0 Å². The Morgan fingerprint density at radius 1 is 1.27 bits per heavy atom. The maximum absolute atomic E-state index is 9.35. The number of rotatable bonds is 5. The molecule has 0 saturated heterocycles. The van der Waals surface area contributed by atoms with Gasteiger partial charge >= 0.3 is 0 Å². The summed E-state index contributed by atoms with van der Waals surface area (Å²) in [7, 11) is 0. The van der Waals surface area contributed by atoms with E-state index in [1.807, 2.05) is 13.8 Å². The molecule has 0 rings (SSSR count). The van der Waals surface area contributed by atoms with Crippen molar-refractivity contribution in [1.29, 1.82) is 0 Å². The fourth-order valence-corrected chi connectivity index (χ4v) is 1.05. The molecule has 2 atom stereocenters. The quantitative estimate of drug-likeness (QED) is 0.645. The summed E-state index contributed by atoms with van der Waals surface area (Å²) in [6.45, 7) is 4.13. The maximum atomic E-state index is 9.35. The van der Waals surface area contributed by atoms with Crippen LogP contribution in [0.2, 0.25) is 0 Å². The van der Waals surface area contributed by atoms with Gasteiger partial charge in [0.25, 0.3) is 0 Å². The molecule has 66 valence electrons. The molecule has 0 amide bonds. The van der Waals surface area contributed by atoms with Crippen LogP contribution in [0.1, 0.15) is 33.1 Å². The van der Waals surface area contributed by atoms with Crippen LogP contribution in [-0.4, -0.2) is 22.9 Å². The molecule has 0 spiro atoms. The topological polar surface area (TPSA) is 40.5 Å². The summed E-state index contributed by atoms with van der Waals surface area (Å²) in [5.74, 6) is 0.0833. The standard InChI is InChI=1S/C8H18O2.Ti/c1-3-5-8(10)7(4-2)6-9;/h7-10H,3-6H2,1-2H3;. The Morgan fingerprint density at radius 3 is 2.09 bits per heavy atom. The molecule has 0 aromatic carbocycles. The van der Waals surface area contributed by atoms with Gasteiger partial charge in [-0.15, -0.1) is 0 Å². The minimum Gasteiger partial charge on any atom is -0.396 e. The molecule has 0 aromatic heterocycles. The van der Waals surface area contributed by atoms with Gasteiger partial charge < -0.3 is 10.2 Å². The van der Waals surface area contributed by atoms with E-state index in [1.54, 1.807) is 0 Å². The molecule has 2 unspecified atom stereocenters. The van der Waals surface area contributed by atoms with Crippen molar-refractivity contribution < 1.29 is 31.9 Å². The SMILES string of the molecule is CCCC(O)C(CC)CO.[Ti]. The Balaban J connectivity index is 0. The van der Waals surface area contributed by atoms with Crippen LogP contribution in [0.5, 0.6) is 0 Å². The molecular weight excluding hydrogens is 176 g/mol. The predicted octanol–water partition coefficient (Wildman–Crippen LogP) is 1.16. The largest absolute Gasteiger partial charge is 0.396 e. The van der Waals surface area contributed by atoms with E-state index in [0.29, 0.717) is 0 Å². The maximum Gasteiger partial charge on any atom is 0.0590 e. The van der Waals surface area contributed by atoms with Gasteiger partial charge in [-0.3, -0.25) is 0 Å². The first kappa shape index (κ1) is 14.2. The van der Waals surface area contributed by atoms with Gasteiger partial charge in [-0.05, 0) is 12.8 Å². The van der Waals surface area contributed by atoms with Crippen molar-refractivity contribution in [2.45, 2.75) is 39.2 Å². The van der Waals surface area contributed by atoms with Gasteiger partial charge in [0.2, 0.25) is 0 Å². The van der Waals surface area contributed by atoms with Crippen molar-refractivity contribution >= 4 is 0 Å². The number of hydrogen-bond donors (Lipinski definition) is 2. The zero-order chi connectivity index (χ0) is 7.98. The number of aliphatic hydroxyl groups is 2. The molecule has 11 heavy (non-hydrogen) atoms. The Kier molecular flexibility index (Phi) is 11.2. The van der Waals surface area contributed by atoms with E-state index >= 15 is 0 Å². The molecule has 0 bridgehead atoms. The van der Waals surface area contributed by atoms with Gasteiger partial charge in [0.15, 0.2) is 0 Å². The summed E-state index contributed by atoms with van der Waals surface area (Å²) in [6.07, 6.45) is 2.34. The smallest absolute Gasteiger partial charge is 0.0590 e. The molecule has 0 fully saturated rings. The molecule has 0 radical (unpaired) electrons. The molecule has 2 N–H and O–H groups in total. The van der Waals surface area contributed by atoms with E-state index in [2.05, 4.69) is 0 Å². The van der Waals surface area contributed by atoms with Crippen LogP contribution in [0.4, 0.5) is 0 Å². The minimum absolute atomic E-state index is 0.